The maximum atomic E-state index is 14.7. The van der Waals surface area contributed by atoms with Crippen LogP contribution in [0.2, 0.25) is 0 Å². The molecule has 162 valence electrons. The summed E-state index contributed by atoms with van der Waals surface area (Å²) in [5.41, 5.74) is -0.702. The van der Waals surface area contributed by atoms with Crippen LogP contribution in [0.3, 0.4) is 0 Å². The molecule has 0 radical (unpaired) electrons. The van der Waals surface area contributed by atoms with E-state index < -0.39 is 47.0 Å². The highest BCUT2D eigenvalue weighted by Gasteiger charge is 2.68. The number of benzene rings is 2. The number of aromatic hydroxyl groups is 1. The van der Waals surface area contributed by atoms with Gasteiger partial charge < -0.3 is 9.84 Å². The van der Waals surface area contributed by atoms with E-state index in [0.717, 1.165) is 4.90 Å². The summed E-state index contributed by atoms with van der Waals surface area (Å²) in [5, 5.41) is 12.7. The molecule has 0 unspecified atom stereocenters. The number of halogens is 1. The molecule has 2 aromatic rings. The summed E-state index contributed by atoms with van der Waals surface area (Å²) in [6.07, 6.45) is 0.0304. The van der Waals surface area contributed by atoms with Crippen LogP contribution in [-0.2, 0) is 25.5 Å². The van der Waals surface area contributed by atoms with Crippen molar-refractivity contribution in [2.75, 3.05) is 13.7 Å². The standard InChI is InChI=1S/C23H23FN2O5/c1-3-26-20(28)17-18(21(26)29)23(22(30)31-2,12-13-8-10-14(27)11-9-13)25-19(17)15-6-4-5-7-16(15)24/h4-11,17-19,25,27H,3,12H2,1-2H3/t17-,18-,19-,23-/m0/s1. The number of hydrogen-bond donors (Lipinski definition) is 2. The van der Waals surface area contributed by atoms with Crippen LogP contribution in [0.15, 0.2) is 48.5 Å². The first-order valence-electron chi connectivity index (χ1n) is 10.1. The molecule has 0 saturated carbocycles. The molecule has 2 amide bonds. The van der Waals surface area contributed by atoms with E-state index in [4.69, 9.17) is 4.74 Å². The number of carbonyl (C=O) groups excluding carboxylic acids is 3. The number of phenolic OH excluding ortho intramolecular Hbond substituents is 1. The van der Waals surface area contributed by atoms with E-state index >= 15 is 0 Å². The summed E-state index contributed by atoms with van der Waals surface area (Å²) in [7, 11) is 1.22. The molecule has 31 heavy (non-hydrogen) atoms. The van der Waals surface area contributed by atoms with Crippen LogP contribution in [0.1, 0.15) is 24.1 Å². The second kappa shape index (κ2) is 7.77. The molecular weight excluding hydrogens is 403 g/mol. The predicted molar refractivity (Wildman–Crippen MR) is 108 cm³/mol. The minimum Gasteiger partial charge on any atom is -0.508 e. The van der Waals surface area contributed by atoms with E-state index in [9.17, 15) is 23.9 Å². The van der Waals surface area contributed by atoms with Crippen LogP contribution in [0.5, 0.6) is 5.75 Å². The van der Waals surface area contributed by atoms with Gasteiger partial charge in [0, 0.05) is 24.6 Å². The Kier molecular flexibility index (Phi) is 5.26. The van der Waals surface area contributed by atoms with Gasteiger partial charge in [0.2, 0.25) is 11.8 Å². The Balaban J connectivity index is 1.88. The van der Waals surface area contributed by atoms with Gasteiger partial charge >= 0.3 is 5.97 Å². The van der Waals surface area contributed by atoms with Crippen LogP contribution in [0, 0.1) is 17.7 Å². The fourth-order valence-electron chi connectivity index (χ4n) is 4.91. The quantitative estimate of drug-likeness (QED) is 0.561. The lowest BCUT2D eigenvalue weighted by Gasteiger charge is -2.32. The zero-order valence-corrected chi connectivity index (χ0v) is 17.2. The van der Waals surface area contributed by atoms with Crippen LogP contribution < -0.4 is 5.32 Å². The minimum atomic E-state index is -1.57. The Morgan fingerprint density at radius 2 is 1.84 bits per heavy atom. The van der Waals surface area contributed by atoms with Crippen molar-refractivity contribution in [3.63, 3.8) is 0 Å². The third-order valence-corrected chi connectivity index (χ3v) is 6.27. The number of nitrogens with zero attached hydrogens (tertiary/aromatic N) is 1. The number of amides is 2. The Bertz CT molecular complexity index is 1040. The smallest absolute Gasteiger partial charge is 0.327 e. The summed E-state index contributed by atoms with van der Waals surface area (Å²) in [6, 6.07) is 11.3. The molecule has 2 saturated heterocycles. The van der Waals surface area contributed by atoms with Crippen molar-refractivity contribution in [2.24, 2.45) is 11.8 Å². The zero-order valence-electron chi connectivity index (χ0n) is 17.2. The molecule has 2 fully saturated rings. The molecule has 7 nitrogen and oxygen atoms in total. The van der Waals surface area contributed by atoms with Crippen molar-refractivity contribution in [2.45, 2.75) is 24.9 Å². The van der Waals surface area contributed by atoms with E-state index in [1.807, 2.05) is 0 Å². The summed E-state index contributed by atoms with van der Waals surface area (Å²) in [6.45, 7) is 1.84. The van der Waals surface area contributed by atoms with Gasteiger partial charge in [-0.25, -0.2) is 4.39 Å². The second-order valence-corrected chi connectivity index (χ2v) is 7.87. The molecule has 0 spiro atoms. The van der Waals surface area contributed by atoms with Gasteiger partial charge in [0.15, 0.2) is 0 Å². The minimum absolute atomic E-state index is 0.0304. The van der Waals surface area contributed by atoms with Crippen molar-refractivity contribution < 1.29 is 28.6 Å². The number of fused-ring (bicyclic) bond motifs is 1. The second-order valence-electron chi connectivity index (χ2n) is 7.87. The van der Waals surface area contributed by atoms with Crippen LogP contribution in [-0.4, -0.2) is 47.0 Å². The van der Waals surface area contributed by atoms with Gasteiger partial charge in [-0.05, 0) is 30.7 Å². The number of nitrogens with one attached hydrogen (secondary N) is 1. The van der Waals surface area contributed by atoms with Gasteiger partial charge in [-0.2, -0.15) is 0 Å². The molecule has 4 rings (SSSR count). The molecule has 0 aromatic heterocycles. The number of methoxy groups -OCH3 is 1. The lowest BCUT2D eigenvalue weighted by Crippen LogP contribution is -2.57. The monoisotopic (exact) mass is 426 g/mol. The number of ether oxygens (including phenoxy) is 1. The van der Waals surface area contributed by atoms with Crippen molar-refractivity contribution >= 4 is 17.8 Å². The van der Waals surface area contributed by atoms with Gasteiger partial charge in [-0.3, -0.25) is 24.6 Å². The van der Waals surface area contributed by atoms with Crippen molar-refractivity contribution in [1.82, 2.24) is 10.2 Å². The van der Waals surface area contributed by atoms with Gasteiger partial charge in [0.05, 0.1) is 18.9 Å². The zero-order chi connectivity index (χ0) is 22.3. The number of hydrogen-bond acceptors (Lipinski definition) is 6. The lowest BCUT2D eigenvalue weighted by atomic mass is 9.76. The van der Waals surface area contributed by atoms with E-state index in [-0.39, 0.29) is 24.3 Å². The third kappa shape index (κ3) is 3.18. The Morgan fingerprint density at radius 1 is 1.16 bits per heavy atom. The molecule has 0 bridgehead atoms. The highest BCUT2D eigenvalue weighted by atomic mass is 19.1. The molecule has 2 aromatic carbocycles. The van der Waals surface area contributed by atoms with Crippen molar-refractivity contribution in [3.05, 3.63) is 65.5 Å². The molecule has 2 aliphatic rings. The van der Waals surface area contributed by atoms with Crippen molar-refractivity contribution in [1.29, 1.82) is 0 Å². The number of esters is 1. The van der Waals surface area contributed by atoms with Crippen molar-refractivity contribution in [3.8, 4) is 5.75 Å². The molecule has 2 aliphatic heterocycles. The fourth-order valence-corrected chi connectivity index (χ4v) is 4.91. The maximum absolute atomic E-state index is 14.7. The molecule has 2 heterocycles. The average Bonchev–Trinajstić information content (AvgIpc) is 3.23. The summed E-state index contributed by atoms with van der Waals surface area (Å²) in [5.74, 6) is -4.08. The van der Waals surface area contributed by atoms with E-state index in [1.165, 1.54) is 31.4 Å². The van der Waals surface area contributed by atoms with Gasteiger partial charge in [0.1, 0.15) is 17.1 Å². The lowest BCUT2D eigenvalue weighted by molar-refractivity contribution is -0.154. The topological polar surface area (TPSA) is 95.9 Å². The van der Waals surface area contributed by atoms with Crippen LogP contribution in [0.25, 0.3) is 0 Å². The number of carbonyl (C=O) groups is 3. The summed E-state index contributed by atoms with van der Waals surface area (Å²) >= 11 is 0. The third-order valence-electron chi connectivity index (χ3n) is 6.27. The van der Waals surface area contributed by atoms with E-state index in [1.54, 1.807) is 31.2 Å². The highest BCUT2D eigenvalue weighted by Crippen LogP contribution is 2.50. The number of likely N-dealkylation sites (tertiary alicyclic amines) is 1. The molecule has 0 aliphatic carbocycles. The van der Waals surface area contributed by atoms with Gasteiger partial charge in [0.25, 0.3) is 0 Å². The number of phenols is 1. The maximum Gasteiger partial charge on any atom is 0.327 e. The Hall–Kier alpha value is -3.26. The predicted octanol–water partition coefficient (Wildman–Crippen LogP) is 1.95. The average molecular weight is 426 g/mol. The summed E-state index contributed by atoms with van der Waals surface area (Å²) < 4.78 is 19.8. The van der Waals surface area contributed by atoms with Gasteiger partial charge in [-0.15, -0.1) is 0 Å². The normalized spacial score (nSPS) is 27.5. The molecular formula is C23H23FN2O5. The van der Waals surface area contributed by atoms with Gasteiger partial charge in [-0.1, -0.05) is 30.3 Å². The first-order valence-corrected chi connectivity index (χ1v) is 10.1. The Morgan fingerprint density at radius 3 is 2.45 bits per heavy atom. The molecule has 2 N–H and O–H groups in total. The van der Waals surface area contributed by atoms with Crippen LogP contribution >= 0.6 is 0 Å². The first kappa shape index (κ1) is 21.0. The van der Waals surface area contributed by atoms with E-state index in [0.29, 0.717) is 5.56 Å². The van der Waals surface area contributed by atoms with Crippen LogP contribution in [0.4, 0.5) is 4.39 Å². The summed E-state index contributed by atoms with van der Waals surface area (Å²) in [4.78, 5) is 40.7. The highest BCUT2D eigenvalue weighted by molar-refractivity contribution is 6.09. The molecule has 4 atom stereocenters. The van der Waals surface area contributed by atoms with E-state index in [2.05, 4.69) is 5.32 Å². The largest absolute Gasteiger partial charge is 0.508 e. The first-order chi connectivity index (χ1) is 14.8. The number of rotatable bonds is 5. The number of imide groups is 1. The Labute approximate surface area is 178 Å². The SMILES string of the molecule is CCN1C(=O)[C@H]2[C@@H](C1=O)[C@@](Cc1ccc(O)cc1)(C(=O)OC)N[C@H]2c1ccccc1F. The molecule has 8 heteroatoms. The fraction of sp³-hybridized carbons (Fsp3) is 0.348.